The molecule has 0 aliphatic rings. The van der Waals surface area contributed by atoms with E-state index in [1.807, 2.05) is 12.1 Å². The lowest BCUT2D eigenvalue weighted by molar-refractivity contribution is -0.644. The van der Waals surface area contributed by atoms with Gasteiger partial charge in [-0.2, -0.15) is 4.57 Å². The number of benzene rings is 3. The number of aromatic nitrogens is 2. The summed E-state index contributed by atoms with van der Waals surface area (Å²) < 4.78 is 4.63. The molecule has 0 aliphatic carbocycles. The van der Waals surface area contributed by atoms with E-state index >= 15 is 0 Å². The molecule has 3 heterocycles. The lowest BCUT2D eigenvalue weighted by Gasteiger charge is -2.14. The fourth-order valence-corrected chi connectivity index (χ4v) is 4.91. The smallest absolute Gasteiger partial charge is 0.238 e. The molecule has 0 spiro atoms. The number of aryl methyl sites for hydroxylation is 3. The van der Waals surface area contributed by atoms with Crippen molar-refractivity contribution >= 4 is 54.7 Å². The molecule has 6 aromatic rings. The second-order valence-corrected chi connectivity index (χ2v) is 7.75. The van der Waals surface area contributed by atoms with Gasteiger partial charge in [-0.3, -0.25) is 0 Å². The Bertz CT molecular complexity index is 1640. The van der Waals surface area contributed by atoms with Crippen molar-refractivity contribution in [3.8, 4) is 0 Å². The summed E-state index contributed by atoms with van der Waals surface area (Å²) in [6.45, 7) is 11.9. The molecule has 0 aliphatic heterocycles. The Morgan fingerprint density at radius 3 is 2.61 bits per heavy atom. The summed E-state index contributed by atoms with van der Waals surface area (Å²) in [4.78, 5) is 3.66. The largest absolute Gasteiger partial charge is 0.303 e. The van der Waals surface area contributed by atoms with Crippen LogP contribution in [0.5, 0.6) is 0 Å². The van der Waals surface area contributed by atoms with Gasteiger partial charge in [0.1, 0.15) is 12.6 Å². The standard InChI is InChI=1S/C25H18N3/c1-14-12-16-6-5-7-21-23(16)22(15(14)2)25-24-18(10-11-27(25)4)19-13-17(26-3)8-9-20(19)28(21)24/h5-13H,1-2,4H3/q+1. The molecular weight excluding hydrogens is 342 g/mol. The third-order valence-electron chi connectivity index (χ3n) is 6.30. The summed E-state index contributed by atoms with van der Waals surface area (Å²) in [5, 5.41) is 6.27. The van der Waals surface area contributed by atoms with E-state index < -0.39 is 0 Å². The topological polar surface area (TPSA) is 12.7 Å². The van der Waals surface area contributed by atoms with Gasteiger partial charge in [0.2, 0.25) is 5.52 Å². The molecule has 28 heavy (non-hydrogen) atoms. The predicted octanol–water partition coefficient (Wildman–Crippen LogP) is 5.98. The van der Waals surface area contributed by atoms with E-state index in [0.717, 1.165) is 10.9 Å². The SMILES string of the molecule is [C-]#[N+]c1ccc2c(c1)c1cc[n+](C)c3c4c(C)c(C)cc5cccc(c54)n2c13. The highest BCUT2D eigenvalue weighted by atomic mass is 15.0. The van der Waals surface area contributed by atoms with Crippen molar-refractivity contribution < 1.29 is 4.57 Å². The fourth-order valence-electron chi connectivity index (χ4n) is 4.91. The van der Waals surface area contributed by atoms with Crippen molar-refractivity contribution in [2.45, 2.75) is 13.8 Å². The Balaban J connectivity index is 2.11. The molecule has 3 aromatic heterocycles. The van der Waals surface area contributed by atoms with Crippen molar-refractivity contribution in [3.05, 3.63) is 77.3 Å². The number of rotatable bonds is 0. The molecule has 0 unspecified atom stereocenters. The van der Waals surface area contributed by atoms with Crippen molar-refractivity contribution in [3.63, 3.8) is 0 Å². The zero-order valence-electron chi connectivity index (χ0n) is 16.0. The van der Waals surface area contributed by atoms with E-state index in [0.29, 0.717) is 5.69 Å². The maximum absolute atomic E-state index is 7.43. The normalized spacial score (nSPS) is 12.1. The summed E-state index contributed by atoms with van der Waals surface area (Å²) in [5.41, 5.74) is 8.20. The third-order valence-corrected chi connectivity index (χ3v) is 6.30. The van der Waals surface area contributed by atoms with Crippen LogP contribution in [-0.2, 0) is 7.05 Å². The maximum atomic E-state index is 7.43. The quantitative estimate of drug-likeness (QED) is 0.137. The molecule has 0 bridgehead atoms. The first-order valence-corrected chi connectivity index (χ1v) is 9.48. The van der Waals surface area contributed by atoms with E-state index in [1.165, 1.54) is 49.2 Å². The molecular formula is C25H18N3+. The number of hydrogen-bond donors (Lipinski definition) is 0. The van der Waals surface area contributed by atoms with E-state index in [2.05, 4.69) is 77.3 Å². The van der Waals surface area contributed by atoms with Crippen LogP contribution in [0.25, 0.3) is 53.8 Å². The first-order valence-electron chi connectivity index (χ1n) is 9.48. The van der Waals surface area contributed by atoms with Crippen LogP contribution in [0.15, 0.2) is 54.7 Å². The van der Waals surface area contributed by atoms with Gasteiger partial charge in [0.15, 0.2) is 11.9 Å². The molecule has 0 saturated heterocycles. The monoisotopic (exact) mass is 360 g/mol. The van der Waals surface area contributed by atoms with Crippen LogP contribution in [0.4, 0.5) is 5.69 Å². The van der Waals surface area contributed by atoms with Crippen LogP contribution in [-0.4, -0.2) is 4.40 Å². The van der Waals surface area contributed by atoms with Crippen molar-refractivity contribution in [1.29, 1.82) is 0 Å². The zero-order chi connectivity index (χ0) is 19.2. The second-order valence-electron chi connectivity index (χ2n) is 7.75. The van der Waals surface area contributed by atoms with Gasteiger partial charge in [-0.25, -0.2) is 4.85 Å². The van der Waals surface area contributed by atoms with Crippen molar-refractivity contribution in [1.82, 2.24) is 4.40 Å². The summed E-state index contributed by atoms with van der Waals surface area (Å²) in [5.74, 6) is 0. The first-order chi connectivity index (χ1) is 13.6. The summed E-state index contributed by atoms with van der Waals surface area (Å²) in [6.07, 6.45) is 2.15. The minimum absolute atomic E-state index is 0.684. The zero-order valence-corrected chi connectivity index (χ0v) is 16.0. The van der Waals surface area contributed by atoms with Gasteiger partial charge in [0.05, 0.1) is 23.0 Å². The molecule has 0 N–H and O–H groups in total. The third kappa shape index (κ3) is 1.66. The Labute approximate surface area is 162 Å². The minimum Gasteiger partial charge on any atom is -0.303 e. The molecule has 0 radical (unpaired) electrons. The lowest BCUT2D eigenvalue weighted by atomic mass is 9.94. The summed E-state index contributed by atoms with van der Waals surface area (Å²) in [7, 11) is 2.13. The van der Waals surface area contributed by atoms with Crippen LogP contribution >= 0.6 is 0 Å². The molecule has 3 aromatic carbocycles. The van der Waals surface area contributed by atoms with Crippen LogP contribution in [0.1, 0.15) is 11.1 Å². The molecule has 6 rings (SSSR count). The average Bonchev–Trinajstić information content (AvgIpc) is 3.03. The highest BCUT2D eigenvalue weighted by Gasteiger charge is 2.24. The Morgan fingerprint density at radius 1 is 0.929 bits per heavy atom. The summed E-state index contributed by atoms with van der Waals surface area (Å²) in [6, 6.07) is 17.1. The number of hydrogen-bond acceptors (Lipinski definition) is 0. The van der Waals surface area contributed by atoms with E-state index in [4.69, 9.17) is 6.57 Å². The second kappa shape index (κ2) is 4.99. The number of pyridine rings is 2. The number of fused-ring (bicyclic) bond motifs is 5. The fraction of sp³-hybridized carbons (Fsp3) is 0.120. The molecule has 0 atom stereocenters. The van der Waals surface area contributed by atoms with Crippen LogP contribution < -0.4 is 4.57 Å². The number of nitrogens with zero attached hydrogens (tertiary/aromatic N) is 3. The van der Waals surface area contributed by atoms with Gasteiger partial charge in [0, 0.05) is 16.8 Å². The van der Waals surface area contributed by atoms with Crippen LogP contribution in [0, 0.1) is 20.4 Å². The Morgan fingerprint density at radius 2 is 1.79 bits per heavy atom. The van der Waals surface area contributed by atoms with E-state index in [1.54, 1.807) is 0 Å². The molecule has 3 nitrogen and oxygen atoms in total. The van der Waals surface area contributed by atoms with Gasteiger partial charge in [0.25, 0.3) is 0 Å². The van der Waals surface area contributed by atoms with E-state index in [9.17, 15) is 0 Å². The molecule has 0 saturated carbocycles. The predicted molar refractivity (Wildman–Crippen MR) is 116 cm³/mol. The summed E-state index contributed by atoms with van der Waals surface area (Å²) >= 11 is 0. The van der Waals surface area contributed by atoms with Gasteiger partial charge in [-0.15, -0.1) is 0 Å². The highest BCUT2D eigenvalue weighted by Crippen LogP contribution is 2.41. The Kier molecular flexibility index (Phi) is 2.75. The molecule has 132 valence electrons. The molecule has 0 amide bonds. The van der Waals surface area contributed by atoms with Crippen molar-refractivity contribution in [2.24, 2.45) is 7.05 Å². The average molecular weight is 360 g/mol. The van der Waals surface area contributed by atoms with Crippen LogP contribution in [0.2, 0.25) is 0 Å². The van der Waals surface area contributed by atoms with Crippen molar-refractivity contribution in [2.75, 3.05) is 0 Å². The molecule has 3 heteroatoms. The van der Waals surface area contributed by atoms with Gasteiger partial charge >= 0.3 is 0 Å². The van der Waals surface area contributed by atoms with Gasteiger partial charge in [-0.05, 0) is 53.9 Å². The van der Waals surface area contributed by atoms with Gasteiger partial charge < -0.3 is 4.40 Å². The Hall–Kier alpha value is -3.64. The van der Waals surface area contributed by atoms with E-state index in [-0.39, 0.29) is 0 Å². The highest BCUT2D eigenvalue weighted by molar-refractivity contribution is 6.26. The lowest BCUT2D eigenvalue weighted by Crippen LogP contribution is -2.29. The first kappa shape index (κ1) is 15.4. The molecule has 0 fully saturated rings. The minimum atomic E-state index is 0.684. The van der Waals surface area contributed by atoms with Gasteiger partial charge in [-0.1, -0.05) is 24.3 Å². The van der Waals surface area contributed by atoms with Crippen LogP contribution in [0.3, 0.4) is 0 Å². The maximum Gasteiger partial charge on any atom is 0.238 e.